The largest absolute Gasteiger partial charge is 0.329 e. The maximum atomic E-state index is 11.9. The van der Waals surface area contributed by atoms with Crippen molar-refractivity contribution in [2.24, 2.45) is 0 Å². The number of benzene rings is 1. The Morgan fingerprint density at radius 1 is 1.31 bits per heavy atom. The molecule has 0 aromatic heterocycles. The van der Waals surface area contributed by atoms with E-state index in [0.29, 0.717) is 12.1 Å². The molecule has 1 heterocycles. The van der Waals surface area contributed by atoms with Crippen molar-refractivity contribution < 1.29 is 9.59 Å². The Balaban J connectivity index is 2.26. The standard InChI is InChI=1S/C12H12N2O2/c1-2-6-10-11(15)14(12(16)13-10)9-7-4-3-5-8-9/h2-5,7-8,10H,1,6H2,(H,13,16). The van der Waals surface area contributed by atoms with E-state index >= 15 is 0 Å². The van der Waals surface area contributed by atoms with Crippen molar-refractivity contribution in [2.45, 2.75) is 12.5 Å². The van der Waals surface area contributed by atoms with E-state index in [4.69, 9.17) is 0 Å². The van der Waals surface area contributed by atoms with Crippen LogP contribution in [0.5, 0.6) is 0 Å². The number of carbonyl (C=O) groups is 2. The van der Waals surface area contributed by atoms with Gasteiger partial charge in [0.15, 0.2) is 0 Å². The fourth-order valence-electron chi connectivity index (χ4n) is 1.68. The molecule has 0 saturated carbocycles. The van der Waals surface area contributed by atoms with Crippen molar-refractivity contribution in [3.63, 3.8) is 0 Å². The van der Waals surface area contributed by atoms with Crippen molar-refractivity contribution in [3.8, 4) is 0 Å². The van der Waals surface area contributed by atoms with E-state index in [1.54, 1.807) is 30.3 Å². The molecule has 2 rings (SSSR count). The Bertz CT molecular complexity index is 428. The lowest BCUT2D eigenvalue weighted by molar-refractivity contribution is -0.118. The van der Waals surface area contributed by atoms with E-state index in [1.165, 1.54) is 0 Å². The number of para-hydroxylation sites is 1. The molecule has 1 aromatic carbocycles. The maximum Gasteiger partial charge on any atom is 0.329 e. The van der Waals surface area contributed by atoms with Crippen LogP contribution in [-0.2, 0) is 4.79 Å². The Hall–Kier alpha value is -2.10. The number of hydrogen-bond acceptors (Lipinski definition) is 2. The van der Waals surface area contributed by atoms with Crippen LogP contribution in [0.2, 0.25) is 0 Å². The highest BCUT2D eigenvalue weighted by Crippen LogP contribution is 2.19. The van der Waals surface area contributed by atoms with E-state index in [0.717, 1.165) is 4.90 Å². The summed E-state index contributed by atoms with van der Waals surface area (Å²) in [7, 11) is 0. The third-order valence-electron chi connectivity index (χ3n) is 2.44. The number of imide groups is 1. The zero-order valence-corrected chi connectivity index (χ0v) is 8.72. The molecule has 16 heavy (non-hydrogen) atoms. The number of amides is 3. The first-order valence-electron chi connectivity index (χ1n) is 5.04. The van der Waals surface area contributed by atoms with Crippen LogP contribution in [0.4, 0.5) is 10.5 Å². The fourth-order valence-corrected chi connectivity index (χ4v) is 1.68. The highest BCUT2D eigenvalue weighted by molar-refractivity contribution is 6.21. The molecule has 1 fully saturated rings. The van der Waals surface area contributed by atoms with E-state index in [1.807, 2.05) is 6.07 Å². The smallest absolute Gasteiger partial charge is 0.325 e. The molecule has 4 heteroatoms. The van der Waals surface area contributed by atoms with Crippen LogP contribution in [0, 0.1) is 0 Å². The summed E-state index contributed by atoms with van der Waals surface area (Å²) in [5.41, 5.74) is 0.594. The molecule has 0 bridgehead atoms. The quantitative estimate of drug-likeness (QED) is 0.617. The van der Waals surface area contributed by atoms with Crippen LogP contribution in [0.3, 0.4) is 0 Å². The second-order valence-corrected chi connectivity index (χ2v) is 3.54. The normalized spacial score (nSPS) is 19.8. The van der Waals surface area contributed by atoms with Gasteiger partial charge in [-0.25, -0.2) is 9.69 Å². The molecule has 1 N–H and O–H groups in total. The number of hydrogen-bond donors (Lipinski definition) is 1. The van der Waals surface area contributed by atoms with E-state index in [-0.39, 0.29) is 11.9 Å². The lowest BCUT2D eigenvalue weighted by Gasteiger charge is -2.12. The van der Waals surface area contributed by atoms with Crippen molar-refractivity contribution >= 4 is 17.6 Å². The third kappa shape index (κ3) is 1.69. The van der Waals surface area contributed by atoms with Crippen LogP contribution in [-0.4, -0.2) is 18.0 Å². The molecule has 1 aliphatic rings. The van der Waals surface area contributed by atoms with Crippen LogP contribution in [0.25, 0.3) is 0 Å². The van der Waals surface area contributed by atoms with Crippen LogP contribution in [0.1, 0.15) is 6.42 Å². The van der Waals surface area contributed by atoms with Gasteiger partial charge in [-0.2, -0.15) is 0 Å². The Morgan fingerprint density at radius 2 is 2.00 bits per heavy atom. The molecule has 82 valence electrons. The van der Waals surface area contributed by atoms with E-state index < -0.39 is 6.04 Å². The minimum absolute atomic E-state index is 0.226. The van der Waals surface area contributed by atoms with Gasteiger partial charge in [-0.1, -0.05) is 24.3 Å². The first-order valence-corrected chi connectivity index (χ1v) is 5.04. The van der Waals surface area contributed by atoms with Gasteiger partial charge in [-0.05, 0) is 18.6 Å². The molecule has 0 radical (unpaired) electrons. The van der Waals surface area contributed by atoms with Crippen molar-refractivity contribution in [1.82, 2.24) is 5.32 Å². The van der Waals surface area contributed by atoms with Gasteiger partial charge < -0.3 is 5.32 Å². The predicted octanol–water partition coefficient (Wildman–Crippen LogP) is 1.69. The molecular weight excluding hydrogens is 204 g/mol. The lowest BCUT2D eigenvalue weighted by atomic mass is 10.2. The number of nitrogens with one attached hydrogen (secondary N) is 1. The summed E-state index contributed by atoms with van der Waals surface area (Å²) in [4.78, 5) is 24.7. The second-order valence-electron chi connectivity index (χ2n) is 3.54. The highest BCUT2D eigenvalue weighted by Gasteiger charge is 2.37. The zero-order valence-electron chi connectivity index (χ0n) is 8.72. The van der Waals surface area contributed by atoms with Gasteiger partial charge in [0, 0.05) is 0 Å². The van der Waals surface area contributed by atoms with Gasteiger partial charge in [0.25, 0.3) is 5.91 Å². The molecule has 0 aliphatic carbocycles. The predicted molar refractivity (Wildman–Crippen MR) is 61.1 cm³/mol. The molecule has 0 spiro atoms. The molecule has 3 amide bonds. The molecule has 1 unspecified atom stereocenters. The van der Waals surface area contributed by atoms with Gasteiger partial charge in [0.05, 0.1) is 5.69 Å². The lowest BCUT2D eigenvalue weighted by Crippen LogP contribution is -2.31. The minimum atomic E-state index is -0.481. The van der Waals surface area contributed by atoms with Crippen molar-refractivity contribution in [3.05, 3.63) is 43.0 Å². The Labute approximate surface area is 93.6 Å². The molecular formula is C12H12N2O2. The average Bonchev–Trinajstić information content (AvgIpc) is 2.56. The molecule has 1 aliphatic heterocycles. The Morgan fingerprint density at radius 3 is 2.62 bits per heavy atom. The van der Waals surface area contributed by atoms with Crippen LogP contribution < -0.4 is 10.2 Å². The maximum absolute atomic E-state index is 11.9. The minimum Gasteiger partial charge on any atom is -0.325 e. The van der Waals surface area contributed by atoms with Crippen LogP contribution >= 0.6 is 0 Å². The number of anilines is 1. The number of rotatable bonds is 3. The number of urea groups is 1. The zero-order chi connectivity index (χ0) is 11.5. The van der Waals surface area contributed by atoms with E-state index in [2.05, 4.69) is 11.9 Å². The van der Waals surface area contributed by atoms with Crippen molar-refractivity contribution in [1.29, 1.82) is 0 Å². The van der Waals surface area contributed by atoms with Gasteiger partial charge in [-0.15, -0.1) is 6.58 Å². The molecule has 1 aromatic rings. The first kappa shape index (κ1) is 10.4. The third-order valence-corrected chi connectivity index (χ3v) is 2.44. The highest BCUT2D eigenvalue weighted by atomic mass is 16.2. The van der Waals surface area contributed by atoms with Gasteiger partial charge in [-0.3, -0.25) is 4.79 Å². The molecule has 1 saturated heterocycles. The summed E-state index contributed by atoms with van der Waals surface area (Å²) in [5, 5.41) is 2.62. The summed E-state index contributed by atoms with van der Waals surface area (Å²) in [5.74, 6) is -0.226. The van der Waals surface area contributed by atoms with Crippen LogP contribution in [0.15, 0.2) is 43.0 Å². The first-order chi connectivity index (χ1) is 7.74. The summed E-state index contributed by atoms with van der Waals surface area (Å²) >= 11 is 0. The molecule has 1 atom stereocenters. The molecule has 4 nitrogen and oxygen atoms in total. The van der Waals surface area contributed by atoms with Gasteiger partial charge >= 0.3 is 6.03 Å². The second kappa shape index (κ2) is 4.18. The van der Waals surface area contributed by atoms with E-state index in [9.17, 15) is 9.59 Å². The monoisotopic (exact) mass is 216 g/mol. The summed E-state index contributed by atoms with van der Waals surface area (Å²) in [6, 6.07) is 8.02. The number of nitrogens with zero attached hydrogens (tertiary/aromatic N) is 1. The SMILES string of the molecule is C=CCC1NC(=O)N(c2ccccc2)C1=O. The fraction of sp³-hybridized carbons (Fsp3) is 0.167. The summed E-state index contributed by atoms with van der Waals surface area (Å²) < 4.78 is 0. The van der Waals surface area contributed by atoms with Crippen molar-refractivity contribution in [2.75, 3.05) is 4.90 Å². The van der Waals surface area contributed by atoms with Gasteiger partial charge in [0.2, 0.25) is 0 Å². The average molecular weight is 216 g/mol. The van der Waals surface area contributed by atoms with Gasteiger partial charge in [0.1, 0.15) is 6.04 Å². The summed E-state index contributed by atoms with van der Waals surface area (Å²) in [6.45, 7) is 3.56. The topological polar surface area (TPSA) is 49.4 Å². The number of carbonyl (C=O) groups excluding carboxylic acids is 2. The Kier molecular flexibility index (Phi) is 2.72. The summed E-state index contributed by atoms with van der Waals surface area (Å²) in [6.07, 6.45) is 2.07.